The molecule has 3 nitrogen and oxygen atoms in total. The Labute approximate surface area is 109 Å². The van der Waals surface area contributed by atoms with Gasteiger partial charge in [0, 0.05) is 6.04 Å². The van der Waals surface area contributed by atoms with Crippen molar-refractivity contribution in [3.63, 3.8) is 0 Å². The van der Waals surface area contributed by atoms with Gasteiger partial charge in [-0.2, -0.15) is 0 Å². The van der Waals surface area contributed by atoms with Gasteiger partial charge >= 0.3 is 0 Å². The summed E-state index contributed by atoms with van der Waals surface area (Å²) in [5.74, 6) is 1.70. The van der Waals surface area contributed by atoms with Gasteiger partial charge in [-0.15, -0.1) is 0 Å². The fraction of sp³-hybridized carbons (Fsp3) is 0.600. The number of ether oxygens (including phenoxy) is 2. The summed E-state index contributed by atoms with van der Waals surface area (Å²) in [6, 6.07) is 8.68. The smallest absolute Gasteiger partial charge is 0.161 e. The van der Waals surface area contributed by atoms with Crippen LogP contribution in [0.2, 0.25) is 0 Å². The summed E-state index contributed by atoms with van der Waals surface area (Å²) in [6.45, 7) is 4.53. The van der Waals surface area contributed by atoms with E-state index >= 15 is 0 Å². The van der Waals surface area contributed by atoms with Crippen molar-refractivity contribution in [3.05, 3.63) is 24.3 Å². The summed E-state index contributed by atoms with van der Waals surface area (Å²) >= 11 is 0. The average Bonchev–Trinajstić information content (AvgIpc) is 3.20. The number of nitrogens with one attached hydrogen (secondary N) is 1. The lowest BCUT2D eigenvalue weighted by atomic mass is 10.3. The van der Waals surface area contributed by atoms with Crippen LogP contribution in [0.3, 0.4) is 0 Å². The first-order chi connectivity index (χ1) is 8.90. The molecule has 1 aliphatic rings. The third-order valence-electron chi connectivity index (χ3n) is 2.99. The molecule has 1 aliphatic carbocycles. The van der Waals surface area contributed by atoms with Crippen LogP contribution in [-0.4, -0.2) is 25.8 Å². The van der Waals surface area contributed by atoms with Crippen LogP contribution in [0.5, 0.6) is 11.5 Å². The van der Waals surface area contributed by atoms with Gasteiger partial charge in [-0.25, -0.2) is 0 Å². The van der Waals surface area contributed by atoms with Crippen LogP contribution in [-0.2, 0) is 0 Å². The van der Waals surface area contributed by atoms with Crippen LogP contribution in [0.25, 0.3) is 0 Å². The molecule has 0 radical (unpaired) electrons. The van der Waals surface area contributed by atoms with Crippen LogP contribution >= 0.6 is 0 Å². The second-order valence-electron chi connectivity index (χ2n) is 4.66. The van der Waals surface area contributed by atoms with Crippen LogP contribution in [0.15, 0.2) is 24.3 Å². The predicted molar refractivity (Wildman–Crippen MR) is 73.4 cm³/mol. The monoisotopic (exact) mass is 249 g/mol. The fourth-order valence-electron chi connectivity index (χ4n) is 1.85. The maximum Gasteiger partial charge on any atom is 0.161 e. The number of benzene rings is 1. The highest BCUT2D eigenvalue weighted by Crippen LogP contribution is 2.26. The van der Waals surface area contributed by atoms with Crippen molar-refractivity contribution in [1.82, 2.24) is 5.32 Å². The van der Waals surface area contributed by atoms with Crippen molar-refractivity contribution >= 4 is 0 Å². The van der Waals surface area contributed by atoms with Gasteiger partial charge in [0.1, 0.15) is 0 Å². The van der Waals surface area contributed by atoms with Gasteiger partial charge in [-0.1, -0.05) is 12.1 Å². The molecule has 0 heterocycles. The van der Waals surface area contributed by atoms with E-state index in [9.17, 15) is 0 Å². The van der Waals surface area contributed by atoms with E-state index in [0.29, 0.717) is 6.61 Å². The van der Waals surface area contributed by atoms with Gasteiger partial charge < -0.3 is 14.8 Å². The van der Waals surface area contributed by atoms with Gasteiger partial charge in [0.05, 0.1) is 13.2 Å². The molecule has 0 atom stereocenters. The lowest BCUT2D eigenvalue weighted by Crippen LogP contribution is -2.17. The van der Waals surface area contributed by atoms with E-state index in [4.69, 9.17) is 9.47 Å². The zero-order valence-electron chi connectivity index (χ0n) is 11.2. The zero-order chi connectivity index (χ0) is 12.6. The molecule has 1 aromatic rings. The number of para-hydroxylation sites is 2. The topological polar surface area (TPSA) is 30.5 Å². The molecule has 0 bridgehead atoms. The van der Waals surface area contributed by atoms with E-state index < -0.39 is 0 Å². The highest BCUT2D eigenvalue weighted by molar-refractivity contribution is 5.39. The van der Waals surface area contributed by atoms with E-state index in [-0.39, 0.29) is 0 Å². The predicted octanol–water partition coefficient (Wildman–Crippen LogP) is 3.00. The lowest BCUT2D eigenvalue weighted by molar-refractivity contribution is 0.271. The summed E-state index contributed by atoms with van der Waals surface area (Å²) in [5.41, 5.74) is 0. The Balaban J connectivity index is 1.62. The van der Waals surface area contributed by atoms with Crippen molar-refractivity contribution in [2.24, 2.45) is 0 Å². The minimum atomic E-state index is 0.672. The minimum Gasteiger partial charge on any atom is -0.490 e. The van der Waals surface area contributed by atoms with E-state index in [0.717, 1.165) is 37.1 Å². The largest absolute Gasteiger partial charge is 0.490 e. The summed E-state index contributed by atoms with van der Waals surface area (Å²) < 4.78 is 11.3. The lowest BCUT2D eigenvalue weighted by Gasteiger charge is -2.11. The third kappa shape index (κ3) is 4.57. The van der Waals surface area contributed by atoms with Crippen LogP contribution in [0.1, 0.15) is 32.6 Å². The van der Waals surface area contributed by atoms with Crippen molar-refractivity contribution in [2.75, 3.05) is 19.8 Å². The Hall–Kier alpha value is -1.22. The first-order valence-corrected chi connectivity index (χ1v) is 6.98. The fourth-order valence-corrected chi connectivity index (χ4v) is 1.85. The molecular formula is C15H23NO2. The minimum absolute atomic E-state index is 0.672. The molecule has 0 spiro atoms. The Morgan fingerprint density at radius 1 is 1.11 bits per heavy atom. The molecule has 3 heteroatoms. The summed E-state index contributed by atoms with van der Waals surface area (Å²) in [5, 5.41) is 3.51. The number of unbranched alkanes of at least 4 members (excludes halogenated alkanes) is 1. The molecule has 2 rings (SSSR count). The van der Waals surface area contributed by atoms with Crippen molar-refractivity contribution in [3.8, 4) is 11.5 Å². The van der Waals surface area contributed by atoms with E-state index in [1.54, 1.807) is 0 Å². The first kappa shape index (κ1) is 13.2. The molecule has 1 N–H and O–H groups in total. The maximum atomic E-state index is 5.76. The van der Waals surface area contributed by atoms with E-state index in [1.807, 2.05) is 31.2 Å². The molecule has 0 unspecified atom stereocenters. The van der Waals surface area contributed by atoms with Gasteiger partial charge in [-0.3, -0.25) is 0 Å². The van der Waals surface area contributed by atoms with Crippen LogP contribution < -0.4 is 14.8 Å². The van der Waals surface area contributed by atoms with Crippen LogP contribution in [0.4, 0.5) is 0 Å². The highest BCUT2D eigenvalue weighted by Gasteiger charge is 2.19. The molecular weight excluding hydrogens is 226 g/mol. The molecule has 18 heavy (non-hydrogen) atoms. The van der Waals surface area contributed by atoms with Crippen LogP contribution in [0, 0.1) is 0 Å². The number of hydrogen-bond acceptors (Lipinski definition) is 3. The average molecular weight is 249 g/mol. The quantitative estimate of drug-likeness (QED) is 0.682. The Morgan fingerprint density at radius 3 is 2.50 bits per heavy atom. The molecule has 0 amide bonds. The van der Waals surface area contributed by atoms with Crippen molar-refractivity contribution in [1.29, 1.82) is 0 Å². The third-order valence-corrected chi connectivity index (χ3v) is 2.99. The number of rotatable bonds is 9. The second kappa shape index (κ2) is 7.27. The van der Waals surface area contributed by atoms with Crippen molar-refractivity contribution < 1.29 is 9.47 Å². The summed E-state index contributed by atoms with van der Waals surface area (Å²) in [6.07, 6.45) is 4.98. The number of hydrogen-bond donors (Lipinski definition) is 1. The first-order valence-electron chi connectivity index (χ1n) is 6.98. The molecule has 1 aromatic carbocycles. The van der Waals surface area contributed by atoms with Gasteiger partial charge in [0.15, 0.2) is 11.5 Å². The molecule has 1 saturated carbocycles. The van der Waals surface area contributed by atoms with E-state index in [1.165, 1.54) is 19.3 Å². The molecule has 0 aliphatic heterocycles. The van der Waals surface area contributed by atoms with Crippen molar-refractivity contribution in [2.45, 2.75) is 38.6 Å². The molecule has 0 saturated heterocycles. The maximum absolute atomic E-state index is 5.76. The standard InChI is InChI=1S/C15H23NO2/c1-2-17-14-7-3-4-8-15(14)18-12-6-5-11-16-13-9-10-13/h3-4,7-8,13,16H,2,5-6,9-12H2,1H3. The van der Waals surface area contributed by atoms with Gasteiger partial charge in [0.25, 0.3) is 0 Å². The van der Waals surface area contributed by atoms with Gasteiger partial charge in [-0.05, 0) is 51.3 Å². The summed E-state index contributed by atoms with van der Waals surface area (Å²) in [7, 11) is 0. The molecule has 1 fully saturated rings. The molecule has 100 valence electrons. The Bertz CT molecular complexity index is 350. The SMILES string of the molecule is CCOc1ccccc1OCCCCNC1CC1. The van der Waals surface area contributed by atoms with Gasteiger partial charge in [0.2, 0.25) is 0 Å². The molecule has 0 aromatic heterocycles. The van der Waals surface area contributed by atoms with E-state index in [2.05, 4.69) is 5.32 Å². The second-order valence-corrected chi connectivity index (χ2v) is 4.66. The Morgan fingerprint density at radius 2 is 1.83 bits per heavy atom. The highest BCUT2D eigenvalue weighted by atomic mass is 16.5. The summed E-state index contributed by atoms with van der Waals surface area (Å²) in [4.78, 5) is 0. The normalized spacial score (nSPS) is 14.5. The Kier molecular flexibility index (Phi) is 5.34. The zero-order valence-corrected chi connectivity index (χ0v) is 11.2.